The summed E-state index contributed by atoms with van der Waals surface area (Å²) in [5, 5.41) is 10.8. The SMILES string of the molecule is CCOC(=O)[C@@]12CCCC[C@]1(O)[C@H](C)CC2. The van der Waals surface area contributed by atoms with Crippen molar-refractivity contribution in [1.29, 1.82) is 0 Å². The molecule has 2 fully saturated rings. The van der Waals surface area contributed by atoms with Crippen molar-refractivity contribution < 1.29 is 14.6 Å². The number of carbonyl (C=O) groups is 1. The van der Waals surface area contributed by atoms with Crippen LogP contribution in [0.1, 0.15) is 52.4 Å². The van der Waals surface area contributed by atoms with Gasteiger partial charge >= 0.3 is 5.97 Å². The highest BCUT2D eigenvalue weighted by molar-refractivity contribution is 5.79. The molecule has 92 valence electrons. The molecule has 3 atom stereocenters. The summed E-state index contributed by atoms with van der Waals surface area (Å²) in [5.74, 6) is 0.0544. The monoisotopic (exact) mass is 226 g/mol. The second-order valence-electron chi connectivity index (χ2n) is 5.37. The first kappa shape index (κ1) is 11.9. The highest BCUT2D eigenvalue weighted by atomic mass is 16.5. The van der Waals surface area contributed by atoms with E-state index in [1.165, 1.54) is 0 Å². The lowest BCUT2D eigenvalue weighted by atomic mass is 9.63. The number of rotatable bonds is 2. The molecule has 0 aromatic heterocycles. The Morgan fingerprint density at radius 1 is 1.38 bits per heavy atom. The zero-order valence-corrected chi connectivity index (χ0v) is 10.3. The van der Waals surface area contributed by atoms with Crippen molar-refractivity contribution >= 4 is 5.97 Å². The highest BCUT2D eigenvalue weighted by Gasteiger charge is 2.63. The fourth-order valence-electron chi connectivity index (χ4n) is 3.69. The van der Waals surface area contributed by atoms with Gasteiger partial charge in [0.05, 0.1) is 17.6 Å². The molecule has 0 radical (unpaired) electrons. The van der Waals surface area contributed by atoms with E-state index in [1.807, 2.05) is 6.92 Å². The molecule has 2 aliphatic rings. The standard InChI is InChI=1S/C13H22O3/c1-3-16-11(14)12-7-4-5-8-13(12,15)10(2)6-9-12/h10,15H,3-9H2,1-2H3/t10-,12+,13+/m1/s1. The van der Waals surface area contributed by atoms with Gasteiger partial charge in [-0.3, -0.25) is 4.79 Å². The molecule has 0 unspecified atom stereocenters. The van der Waals surface area contributed by atoms with E-state index in [-0.39, 0.29) is 11.9 Å². The van der Waals surface area contributed by atoms with Crippen LogP contribution in [0.25, 0.3) is 0 Å². The highest BCUT2D eigenvalue weighted by Crippen LogP contribution is 2.58. The predicted octanol–water partition coefficient (Wildman–Crippen LogP) is 2.27. The maximum Gasteiger partial charge on any atom is 0.315 e. The van der Waals surface area contributed by atoms with Crippen LogP contribution in [0, 0.1) is 11.3 Å². The molecular formula is C13H22O3. The Kier molecular flexibility index (Phi) is 2.99. The topological polar surface area (TPSA) is 46.5 Å². The molecule has 0 aromatic rings. The Labute approximate surface area is 97.2 Å². The normalized spacial score (nSPS) is 42.8. The van der Waals surface area contributed by atoms with Gasteiger partial charge in [-0.2, -0.15) is 0 Å². The van der Waals surface area contributed by atoms with Gasteiger partial charge in [-0.15, -0.1) is 0 Å². The van der Waals surface area contributed by atoms with Crippen LogP contribution in [0.2, 0.25) is 0 Å². The third-order valence-electron chi connectivity index (χ3n) is 4.73. The van der Waals surface area contributed by atoms with Crippen molar-refractivity contribution in [2.45, 2.75) is 58.0 Å². The Balaban J connectivity index is 2.31. The molecule has 2 saturated carbocycles. The molecule has 0 bridgehead atoms. The van der Waals surface area contributed by atoms with E-state index in [2.05, 4.69) is 6.92 Å². The maximum absolute atomic E-state index is 12.2. The van der Waals surface area contributed by atoms with Gasteiger partial charge in [0.2, 0.25) is 0 Å². The minimum Gasteiger partial charge on any atom is -0.465 e. The summed E-state index contributed by atoms with van der Waals surface area (Å²) in [6, 6.07) is 0. The third kappa shape index (κ3) is 1.41. The van der Waals surface area contributed by atoms with E-state index in [1.54, 1.807) is 0 Å². The van der Waals surface area contributed by atoms with E-state index in [0.29, 0.717) is 6.61 Å². The van der Waals surface area contributed by atoms with Gasteiger partial charge in [-0.05, 0) is 38.5 Å². The Morgan fingerprint density at radius 2 is 2.06 bits per heavy atom. The summed E-state index contributed by atoms with van der Waals surface area (Å²) in [7, 11) is 0. The van der Waals surface area contributed by atoms with Crippen LogP contribution in [-0.2, 0) is 9.53 Å². The molecule has 3 nitrogen and oxygen atoms in total. The molecule has 0 aromatic carbocycles. The fraction of sp³-hybridized carbons (Fsp3) is 0.923. The van der Waals surface area contributed by atoms with E-state index in [9.17, 15) is 9.90 Å². The van der Waals surface area contributed by atoms with Crippen molar-refractivity contribution in [3.8, 4) is 0 Å². The van der Waals surface area contributed by atoms with Crippen LogP contribution in [0.5, 0.6) is 0 Å². The molecule has 0 amide bonds. The van der Waals surface area contributed by atoms with E-state index in [0.717, 1.165) is 38.5 Å². The number of hydrogen-bond acceptors (Lipinski definition) is 3. The summed E-state index contributed by atoms with van der Waals surface area (Å²) < 4.78 is 5.20. The van der Waals surface area contributed by atoms with Crippen LogP contribution in [0.3, 0.4) is 0 Å². The van der Waals surface area contributed by atoms with E-state index < -0.39 is 11.0 Å². The lowest BCUT2D eigenvalue weighted by Crippen LogP contribution is -2.54. The average molecular weight is 226 g/mol. The van der Waals surface area contributed by atoms with Crippen molar-refractivity contribution in [3.63, 3.8) is 0 Å². The molecular weight excluding hydrogens is 204 g/mol. The first-order valence-electron chi connectivity index (χ1n) is 6.46. The van der Waals surface area contributed by atoms with E-state index >= 15 is 0 Å². The number of esters is 1. The molecule has 16 heavy (non-hydrogen) atoms. The van der Waals surface area contributed by atoms with Gasteiger partial charge in [0.15, 0.2) is 0 Å². The second kappa shape index (κ2) is 4.02. The first-order valence-corrected chi connectivity index (χ1v) is 6.46. The van der Waals surface area contributed by atoms with Crippen molar-refractivity contribution in [1.82, 2.24) is 0 Å². The smallest absolute Gasteiger partial charge is 0.315 e. The molecule has 0 aliphatic heterocycles. The van der Waals surface area contributed by atoms with Gasteiger partial charge in [-0.1, -0.05) is 19.8 Å². The summed E-state index contributed by atoms with van der Waals surface area (Å²) in [6.45, 7) is 4.30. The summed E-state index contributed by atoms with van der Waals surface area (Å²) in [4.78, 5) is 12.2. The molecule has 1 N–H and O–H groups in total. The van der Waals surface area contributed by atoms with Crippen molar-refractivity contribution in [2.24, 2.45) is 11.3 Å². The van der Waals surface area contributed by atoms with Gasteiger partial charge in [0.25, 0.3) is 0 Å². The summed E-state index contributed by atoms with van der Waals surface area (Å²) in [6.07, 6.45) is 5.36. The predicted molar refractivity (Wildman–Crippen MR) is 60.9 cm³/mol. The number of ether oxygens (including phenoxy) is 1. The fourth-order valence-corrected chi connectivity index (χ4v) is 3.69. The van der Waals surface area contributed by atoms with Crippen LogP contribution >= 0.6 is 0 Å². The Morgan fingerprint density at radius 3 is 2.75 bits per heavy atom. The van der Waals surface area contributed by atoms with Crippen LogP contribution < -0.4 is 0 Å². The van der Waals surface area contributed by atoms with Gasteiger partial charge in [0, 0.05) is 0 Å². The average Bonchev–Trinajstić information content (AvgIpc) is 2.54. The van der Waals surface area contributed by atoms with Crippen LogP contribution in [0.4, 0.5) is 0 Å². The minimum atomic E-state index is -0.808. The maximum atomic E-state index is 12.2. The third-order valence-corrected chi connectivity index (χ3v) is 4.73. The molecule has 2 aliphatic carbocycles. The van der Waals surface area contributed by atoms with Crippen molar-refractivity contribution in [2.75, 3.05) is 6.61 Å². The number of aliphatic hydroxyl groups is 1. The lowest BCUT2D eigenvalue weighted by Gasteiger charge is -2.45. The second-order valence-corrected chi connectivity index (χ2v) is 5.37. The Bertz CT molecular complexity index is 285. The largest absolute Gasteiger partial charge is 0.465 e. The van der Waals surface area contributed by atoms with Gasteiger partial charge in [0.1, 0.15) is 0 Å². The summed E-state index contributed by atoms with van der Waals surface area (Å²) in [5.41, 5.74) is -1.40. The summed E-state index contributed by atoms with van der Waals surface area (Å²) >= 11 is 0. The zero-order valence-electron chi connectivity index (χ0n) is 10.3. The quantitative estimate of drug-likeness (QED) is 0.735. The number of carbonyl (C=O) groups excluding carboxylic acids is 1. The van der Waals surface area contributed by atoms with Gasteiger partial charge < -0.3 is 9.84 Å². The van der Waals surface area contributed by atoms with Crippen molar-refractivity contribution in [3.05, 3.63) is 0 Å². The van der Waals surface area contributed by atoms with Gasteiger partial charge in [-0.25, -0.2) is 0 Å². The molecule has 0 saturated heterocycles. The molecule has 2 rings (SSSR count). The Hall–Kier alpha value is -0.570. The molecule has 3 heteroatoms. The lowest BCUT2D eigenvalue weighted by molar-refractivity contribution is -0.182. The first-order chi connectivity index (χ1) is 7.57. The van der Waals surface area contributed by atoms with Crippen LogP contribution in [0.15, 0.2) is 0 Å². The zero-order chi connectivity index (χ0) is 11.8. The minimum absolute atomic E-state index is 0.165. The molecule has 0 heterocycles. The molecule has 0 spiro atoms. The van der Waals surface area contributed by atoms with E-state index in [4.69, 9.17) is 4.74 Å². The number of fused-ring (bicyclic) bond motifs is 1. The number of hydrogen-bond donors (Lipinski definition) is 1. The van der Waals surface area contributed by atoms with Crippen LogP contribution in [-0.4, -0.2) is 23.3 Å².